The van der Waals surface area contributed by atoms with E-state index >= 15 is 0 Å². The molecule has 6 heteroatoms. The molecular weight excluding hydrogens is 327 g/mol. The predicted octanol–water partition coefficient (Wildman–Crippen LogP) is 6.02. The molecule has 2 rings (SSSR count). The highest BCUT2D eigenvalue weighted by Gasteiger charge is 2.34. The molecule has 1 atom stereocenters. The third kappa shape index (κ3) is 4.11. The summed E-state index contributed by atoms with van der Waals surface area (Å²) in [4.78, 5) is 0. The van der Waals surface area contributed by atoms with Crippen LogP contribution in [0.1, 0.15) is 22.1 Å². The minimum atomic E-state index is -4.74. The van der Waals surface area contributed by atoms with Crippen molar-refractivity contribution in [2.24, 2.45) is 0 Å². The predicted molar refractivity (Wildman–Crippen MR) is 75.2 cm³/mol. The lowest BCUT2D eigenvalue weighted by molar-refractivity contribution is -0.140. The van der Waals surface area contributed by atoms with E-state index < -0.39 is 22.9 Å². The van der Waals surface area contributed by atoms with Gasteiger partial charge in [0.2, 0.25) is 0 Å². The number of hydrogen-bond donors (Lipinski definition) is 0. The van der Waals surface area contributed by atoms with Crippen molar-refractivity contribution in [3.05, 3.63) is 70.0 Å². The average Bonchev–Trinajstić information content (AvgIpc) is 2.40. The van der Waals surface area contributed by atoms with Gasteiger partial charge in [0.1, 0.15) is 5.82 Å². The maximum atomic E-state index is 13.2. The molecule has 0 aromatic heterocycles. The summed E-state index contributed by atoms with van der Waals surface area (Å²) < 4.78 is 51.2. The van der Waals surface area contributed by atoms with Crippen molar-refractivity contribution in [2.75, 3.05) is 0 Å². The molecule has 0 N–H and O–H groups in total. The molecule has 2 aromatic rings. The molecule has 112 valence electrons. The first-order chi connectivity index (χ1) is 9.77. The standard InChI is InChI=1S/C15H10Cl2F4/c16-11-4-1-9(2-5-11)7-13(17)10-3-6-14(18)12(8-10)15(19,20)21/h1-6,8,13H,7H2. The molecule has 21 heavy (non-hydrogen) atoms. The molecule has 0 nitrogen and oxygen atoms in total. The van der Waals surface area contributed by atoms with E-state index in [2.05, 4.69) is 0 Å². The maximum Gasteiger partial charge on any atom is 0.419 e. The van der Waals surface area contributed by atoms with Crippen LogP contribution in [0.5, 0.6) is 0 Å². The van der Waals surface area contributed by atoms with Crippen molar-refractivity contribution >= 4 is 23.2 Å². The largest absolute Gasteiger partial charge is 0.419 e. The Morgan fingerprint density at radius 2 is 1.62 bits per heavy atom. The van der Waals surface area contributed by atoms with Gasteiger partial charge < -0.3 is 0 Å². The molecule has 0 aliphatic rings. The monoisotopic (exact) mass is 336 g/mol. The van der Waals surface area contributed by atoms with E-state index in [0.717, 1.165) is 17.7 Å². The van der Waals surface area contributed by atoms with Crippen molar-refractivity contribution < 1.29 is 17.6 Å². The summed E-state index contributed by atoms with van der Waals surface area (Å²) in [6.45, 7) is 0. The van der Waals surface area contributed by atoms with Gasteiger partial charge in [-0.05, 0) is 41.8 Å². The number of benzene rings is 2. The molecule has 0 saturated heterocycles. The molecule has 0 amide bonds. The van der Waals surface area contributed by atoms with E-state index in [0.29, 0.717) is 11.4 Å². The second-order valence-electron chi connectivity index (χ2n) is 4.54. The van der Waals surface area contributed by atoms with Gasteiger partial charge in [0, 0.05) is 5.02 Å². The van der Waals surface area contributed by atoms with Crippen LogP contribution in [0.3, 0.4) is 0 Å². The van der Waals surface area contributed by atoms with Crippen LogP contribution in [0, 0.1) is 5.82 Å². The van der Waals surface area contributed by atoms with E-state index in [1.807, 2.05) is 0 Å². The van der Waals surface area contributed by atoms with Crippen LogP contribution in [0.15, 0.2) is 42.5 Å². The molecule has 0 aliphatic heterocycles. The van der Waals surface area contributed by atoms with Gasteiger partial charge in [-0.2, -0.15) is 13.2 Å². The first-order valence-corrected chi connectivity index (χ1v) is 6.84. The van der Waals surface area contributed by atoms with Crippen molar-refractivity contribution in [1.82, 2.24) is 0 Å². The lowest BCUT2D eigenvalue weighted by Gasteiger charge is -2.14. The van der Waals surface area contributed by atoms with Crippen molar-refractivity contribution in [3.63, 3.8) is 0 Å². The fourth-order valence-electron chi connectivity index (χ4n) is 1.90. The molecule has 0 bridgehead atoms. The van der Waals surface area contributed by atoms with Crippen LogP contribution in [0.4, 0.5) is 17.6 Å². The zero-order valence-corrected chi connectivity index (χ0v) is 12.1. The maximum absolute atomic E-state index is 13.2. The number of rotatable bonds is 3. The van der Waals surface area contributed by atoms with Crippen LogP contribution in [-0.2, 0) is 12.6 Å². The third-order valence-corrected chi connectivity index (χ3v) is 3.64. The van der Waals surface area contributed by atoms with Gasteiger partial charge in [-0.3, -0.25) is 0 Å². The van der Waals surface area contributed by atoms with E-state index in [-0.39, 0.29) is 5.56 Å². The second kappa shape index (κ2) is 6.24. The van der Waals surface area contributed by atoms with Crippen LogP contribution in [0.25, 0.3) is 0 Å². The number of halogens is 6. The molecule has 2 aromatic carbocycles. The fourth-order valence-corrected chi connectivity index (χ4v) is 2.34. The highest BCUT2D eigenvalue weighted by atomic mass is 35.5. The van der Waals surface area contributed by atoms with Crippen LogP contribution in [0.2, 0.25) is 5.02 Å². The Morgan fingerprint density at radius 3 is 2.19 bits per heavy atom. The van der Waals surface area contributed by atoms with Gasteiger partial charge in [-0.15, -0.1) is 11.6 Å². The van der Waals surface area contributed by atoms with Gasteiger partial charge >= 0.3 is 6.18 Å². The first kappa shape index (κ1) is 16.1. The molecule has 0 radical (unpaired) electrons. The Kier molecular flexibility index (Phi) is 4.79. The van der Waals surface area contributed by atoms with Crippen molar-refractivity contribution in [2.45, 2.75) is 18.0 Å². The molecule has 0 aliphatic carbocycles. The normalized spacial score (nSPS) is 13.2. The Hall–Kier alpha value is -1.26. The summed E-state index contributed by atoms with van der Waals surface area (Å²) in [6.07, 6.45) is -4.42. The quantitative estimate of drug-likeness (QED) is 0.474. The summed E-state index contributed by atoms with van der Waals surface area (Å²) in [6, 6.07) is 9.63. The lowest BCUT2D eigenvalue weighted by Crippen LogP contribution is -2.09. The second-order valence-corrected chi connectivity index (χ2v) is 5.50. The van der Waals surface area contributed by atoms with Gasteiger partial charge in [0.15, 0.2) is 0 Å². The van der Waals surface area contributed by atoms with E-state index in [9.17, 15) is 17.6 Å². The summed E-state index contributed by atoms with van der Waals surface area (Å²) in [5, 5.41) is -0.126. The third-order valence-electron chi connectivity index (χ3n) is 2.99. The molecule has 0 heterocycles. The minimum Gasteiger partial charge on any atom is -0.206 e. The first-order valence-electron chi connectivity index (χ1n) is 6.02. The Balaban J connectivity index is 2.23. The number of hydrogen-bond acceptors (Lipinski definition) is 0. The highest BCUT2D eigenvalue weighted by molar-refractivity contribution is 6.30. The van der Waals surface area contributed by atoms with Crippen LogP contribution < -0.4 is 0 Å². The van der Waals surface area contributed by atoms with E-state index in [1.54, 1.807) is 24.3 Å². The summed E-state index contributed by atoms with van der Waals surface area (Å²) >= 11 is 11.9. The van der Waals surface area contributed by atoms with Crippen LogP contribution >= 0.6 is 23.2 Å². The van der Waals surface area contributed by atoms with Gasteiger partial charge in [-0.25, -0.2) is 4.39 Å². The molecule has 0 fully saturated rings. The van der Waals surface area contributed by atoms with Gasteiger partial charge in [0.25, 0.3) is 0 Å². The van der Waals surface area contributed by atoms with E-state index in [4.69, 9.17) is 23.2 Å². The summed E-state index contributed by atoms with van der Waals surface area (Å²) in [7, 11) is 0. The van der Waals surface area contributed by atoms with Crippen molar-refractivity contribution in [3.8, 4) is 0 Å². The molecule has 0 saturated carbocycles. The van der Waals surface area contributed by atoms with Gasteiger partial charge in [0.05, 0.1) is 10.9 Å². The SMILES string of the molecule is Fc1ccc(C(Cl)Cc2ccc(Cl)cc2)cc1C(F)(F)F. The molecule has 1 unspecified atom stereocenters. The topological polar surface area (TPSA) is 0 Å². The minimum absolute atomic E-state index is 0.223. The van der Waals surface area contributed by atoms with Gasteiger partial charge in [-0.1, -0.05) is 29.8 Å². The van der Waals surface area contributed by atoms with E-state index in [1.165, 1.54) is 6.07 Å². The summed E-state index contributed by atoms with van der Waals surface area (Å²) in [5.74, 6) is -1.30. The highest BCUT2D eigenvalue weighted by Crippen LogP contribution is 2.35. The zero-order chi connectivity index (χ0) is 15.6. The average molecular weight is 337 g/mol. The Morgan fingerprint density at radius 1 is 1.00 bits per heavy atom. The summed E-state index contributed by atoms with van der Waals surface area (Å²) in [5.41, 5.74) is -0.251. The molecular formula is C15H10Cl2F4. The van der Waals surface area contributed by atoms with Crippen LogP contribution in [-0.4, -0.2) is 0 Å². The smallest absolute Gasteiger partial charge is 0.206 e. The molecule has 0 spiro atoms. The Labute approximate surface area is 129 Å². The zero-order valence-electron chi connectivity index (χ0n) is 10.6. The Bertz CT molecular complexity index is 621. The lowest BCUT2D eigenvalue weighted by atomic mass is 10.0. The van der Waals surface area contributed by atoms with Crippen molar-refractivity contribution in [1.29, 1.82) is 0 Å². The fraction of sp³-hybridized carbons (Fsp3) is 0.200. The number of alkyl halides is 4.